The van der Waals surface area contributed by atoms with Crippen molar-refractivity contribution in [2.45, 2.75) is 25.9 Å². The Morgan fingerprint density at radius 1 is 1.36 bits per heavy atom. The van der Waals surface area contributed by atoms with Crippen LogP contribution in [0, 0.1) is 10.1 Å². The fourth-order valence-electron chi connectivity index (χ4n) is 2.88. The third kappa shape index (κ3) is 2.41. The molecule has 22 heavy (non-hydrogen) atoms. The van der Waals surface area contributed by atoms with Crippen molar-refractivity contribution in [3.8, 4) is 5.75 Å². The summed E-state index contributed by atoms with van der Waals surface area (Å²) < 4.78 is 11.1. The Morgan fingerprint density at radius 3 is 2.64 bits per heavy atom. The van der Waals surface area contributed by atoms with E-state index in [2.05, 4.69) is 0 Å². The molecule has 2 aliphatic heterocycles. The second-order valence-corrected chi connectivity index (χ2v) is 5.87. The molecule has 1 aromatic rings. The second-order valence-electron chi connectivity index (χ2n) is 5.87. The number of hydrogen-bond donors (Lipinski definition) is 0. The van der Waals surface area contributed by atoms with Gasteiger partial charge < -0.3 is 14.4 Å². The third-order valence-electron chi connectivity index (χ3n) is 4.31. The highest BCUT2D eigenvalue weighted by Gasteiger charge is 2.41. The van der Waals surface area contributed by atoms with E-state index in [9.17, 15) is 14.9 Å². The van der Waals surface area contributed by atoms with Gasteiger partial charge in [-0.2, -0.15) is 0 Å². The van der Waals surface area contributed by atoms with Crippen molar-refractivity contribution in [2.24, 2.45) is 0 Å². The molecular weight excluding hydrogens is 288 g/mol. The standard InChI is InChI=1S/C15H18N2O5/c1-10(18)15(2)9-11-7-13(17(19)20)12(8-14(11)22-15)16-3-5-21-6-4-16/h7-8H,3-6,9H2,1-2H3. The van der Waals surface area contributed by atoms with Crippen LogP contribution in [0.3, 0.4) is 0 Å². The Balaban J connectivity index is 2.02. The number of ether oxygens (including phenoxy) is 2. The number of benzene rings is 1. The van der Waals surface area contributed by atoms with Crippen LogP contribution in [0.4, 0.5) is 11.4 Å². The molecule has 0 amide bonds. The van der Waals surface area contributed by atoms with Gasteiger partial charge in [-0.05, 0) is 13.8 Å². The molecule has 1 unspecified atom stereocenters. The first-order valence-corrected chi connectivity index (χ1v) is 7.25. The predicted octanol–water partition coefficient (Wildman–Crippen LogP) is 1.71. The zero-order valence-electron chi connectivity index (χ0n) is 12.6. The number of rotatable bonds is 3. The quantitative estimate of drug-likeness (QED) is 0.624. The normalized spacial score (nSPS) is 23.8. The topological polar surface area (TPSA) is 81.9 Å². The van der Waals surface area contributed by atoms with E-state index >= 15 is 0 Å². The van der Waals surface area contributed by atoms with Crippen molar-refractivity contribution in [2.75, 3.05) is 31.2 Å². The molecule has 1 saturated heterocycles. The van der Waals surface area contributed by atoms with Crippen molar-refractivity contribution in [3.05, 3.63) is 27.8 Å². The van der Waals surface area contributed by atoms with Crippen molar-refractivity contribution < 1.29 is 19.2 Å². The number of hydrogen-bond acceptors (Lipinski definition) is 6. The number of fused-ring (bicyclic) bond motifs is 1. The molecule has 7 nitrogen and oxygen atoms in total. The van der Waals surface area contributed by atoms with Crippen LogP contribution in [0.15, 0.2) is 12.1 Å². The number of carbonyl (C=O) groups excluding carboxylic acids is 1. The highest BCUT2D eigenvalue weighted by Crippen LogP contribution is 2.42. The van der Waals surface area contributed by atoms with Gasteiger partial charge in [0.15, 0.2) is 11.4 Å². The Labute approximate surface area is 128 Å². The lowest BCUT2D eigenvalue weighted by atomic mass is 9.95. The number of carbonyl (C=O) groups is 1. The fourth-order valence-corrected chi connectivity index (χ4v) is 2.88. The first-order valence-electron chi connectivity index (χ1n) is 7.25. The first-order chi connectivity index (χ1) is 10.4. The predicted molar refractivity (Wildman–Crippen MR) is 79.5 cm³/mol. The van der Waals surface area contributed by atoms with Gasteiger partial charge in [0.05, 0.1) is 18.1 Å². The summed E-state index contributed by atoms with van der Waals surface area (Å²) in [7, 11) is 0. The van der Waals surface area contributed by atoms with E-state index in [1.165, 1.54) is 13.0 Å². The molecule has 0 aromatic heterocycles. The van der Waals surface area contributed by atoms with Gasteiger partial charge in [0.2, 0.25) is 0 Å². The second kappa shape index (κ2) is 5.24. The highest BCUT2D eigenvalue weighted by atomic mass is 16.6. The van der Waals surface area contributed by atoms with Gasteiger partial charge >= 0.3 is 0 Å². The van der Waals surface area contributed by atoms with E-state index in [0.717, 1.165) is 0 Å². The molecule has 7 heteroatoms. The van der Waals surface area contributed by atoms with Gasteiger partial charge in [-0.25, -0.2) is 0 Å². The molecule has 2 aliphatic rings. The number of nitro groups is 1. The number of ketones is 1. The SMILES string of the molecule is CC(=O)C1(C)Cc2cc([N+](=O)[O-])c(N3CCOCC3)cc2O1. The summed E-state index contributed by atoms with van der Waals surface area (Å²) in [6.07, 6.45) is 0.363. The Bertz CT molecular complexity index is 639. The maximum absolute atomic E-state index is 11.8. The number of nitro benzene ring substituents is 1. The van der Waals surface area contributed by atoms with Crippen LogP contribution >= 0.6 is 0 Å². The van der Waals surface area contributed by atoms with Gasteiger partial charge in [0.25, 0.3) is 5.69 Å². The molecular formula is C15H18N2O5. The van der Waals surface area contributed by atoms with Crippen LogP contribution in [0.25, 0.3) is 0 Å². The molecule has 118 valence electrons. The van der Waals surface area contributed by atoms with Gasteiger partial charge in [-0.3, -0.25) is 14.9 Å². The molecule has 0 aliphatic carbocycles. The van der Waals surface area contributed by atoms with Crippen LogP contribution in [0.5, 0.6) is 5.75 Å². The summed E-state index contributed by atoms with van der Waals surface area (Å²) in [6, 6.07) is 3.22. The molecule has 1 fully saturated rings. The molecule has 3 rings (SSSR count). The third-order valence-corrected chi connectivity index (χ3v) is 4.31. The van der Waals surface area contributed by atoms with Gasteiger partial charge in [0, 0.05) is 37.2 Å². The average Bonchev–Trinajstić information content (AvgIpc) is 2.83. The molecule has 0 spiro atoms. The maximum Gasteiger partial charge on any atom is 0.293 e. The minimum atomic E-state index is -0.931. The minimum Gasteiger partial charge on any atom is -0.479 e. The van der Waals surface area contributed by atoms with E-state index in [-0.39, 0.29) is 16.4 Å². The molecule has 0 N–H and O–H groups in total. The number of morpholine rings is 1. The Morgan fingerprint density at radius 2 is 2.05 bits per heavy atom. The molecule has 2 heterocycles. The largest absolute Gasteiger partial charge is 0.479 e. The van der Waals surface area contributed by atoms with Gasteiger partial charge in [-0.15, -0.1) is 0 Å². The Kier molecular flexibility index (Phi) is 3.52. The zero-order chi connectivity index (χ0) is 15.9. The van der Waals surface area contributed by atoms with Gasteiger partial charge in [-0.1, -0.05) is 0 Å². The van der Waals surface area contributed by atoms with Crippen molar-refractivity contribution in [1.82, 2.24) is 0 Å². The van der Waals surface area contributed by atoms with Crippen LogP contribution < -0.4 is 9.64 Å². The molecule has 1 aromatic carbocycles. The van der Waals surface area contributed by atoms with Gasteiger partial charge in [0.1, 0.15) is 11.4 Å². The minimum absolute atomic E-state index is 0.0528. The van der Waals surface area contributed by atoms with Crippen LogP contribution in [-0.2, 0) is 16.0 Å². The summed E-state index contributed by atoms with van der Waals surface area (Å²) in [5.74, 6) is 0.476. The van der Waals surface area contributed by atoms with Crippen molar-refractivity contribution in [3.63, 3.8) is 0 Å². The maximum atomic E-state index is 11.8. The monoisotopic (exact) mass is 306 g/mol. The van der Waals surface area contributed by atoms with E-state index in [1.54, 1.807) is 13.0 Å². The first kappa shape index (κ1) is 14.8. The smallest absolute Gasteiger partial charge is 0.293 e. The molecule has 1 atom stereocenters. The van der Waals surface area contributed by atoms with E-state index < -0.39 is 5.60 Å². The number of anilines is 1. The lowest BCUT2D eigenvalue weighted by Gasteiger charge is -2.28. The Hall–Kier alpha value is -2.15. The van der Waals surface area contributed by atoms with Crippen LogP contribution in [-0.4, -0.2) is 42.6 Å². The lowest BCUT2D eigenvalue weighted by Crippen LogP contribution is -2.38. The average molecular weight is 306 g/mol. The van der Waals surface area contributed by atoms with Crippen molar-refractivity contribution in [1.29, 1.82) is 0 Å². The number of nitrogens with zero attached hydrogens (tertiary/aromatic N) is 2. The van der Waals surface area contributed by atoms with Crippen LogP contribution in [0.1, 0.15) is 19.4 Å². The van der Waals surface area contributed by atoms with E-state index in [0.29, 0.717) is 49.7 Å². The van der Waals surface area contributed by atoms with Crippen LogP contribution in [0.2, 0.25) is 0 Å². The van der Waals surface area contributed by atoms with Crippen molar-refractivity contribution >= 4 is 17.2 Å². The molecule has 0 saturated carbocycles. The van der Waals surface area contributed by atoms with E-state index in [4.69, 9.17) is 9.47 Å². The highest BCUT2D eigenvalue weighted by molar-refractivity contribution is 5.87. The summed E-state index contributed by atoms with van der Waals surface area (Å²) >= 11 is 0. The summed E-state index contributed by atoms with van der Waals surface area (Å²) in [6.45, 7) is 5.48. The summed E-state index contributed by atoms with van der Waals surface area (Å²) in [5.41, 5.74) is 0.359. The zero-order valence-corrected chi connectivity index (χ0v) is 12.6. The lowest BCUT2D eigenvalue weighted by molar-refractivity contribution is -0.384. The number of Topliss-reactive ketones (excluding diaryl/α,β-unsaturated/α-hetero) is 1. The van der Waals surface area contributed by atoms with E-state index in [1.807, 2.05) is 4.90 Å². The molecule has 0 radical (unpaired) electrons. The summed E-state index contributed by atoms with van der Waals surface area (Å²) in [5, 5.41) is 11.4. The summed E-state index contributed by atoms with van der Waals surface area (Å²) in [4.78, 5) is 24.7. The molecule has 0 bridgehead atoms. The fraction of sp³-hybridized carbons (Fsp3) is 0.533.